The van der Waals surface area contributed by atoms with Gasteiger partial charge in [0, 0.05) is 17.4 Å². The van der Waals surface area contributed by atoms with Gasteiger partial charge in [-0.15, -0.1) is 11.3 Å². The first-order valence-electron chi connectivity index (χ1n) is 6.90. The zero-order valence-corrected chi connectivity index (χ0v) is 16.5. The number of rotatable bonds is 8. The maximum atomic E-state index is 11.2. The normalized spacial score (nSPS) is 18.5. The van der Waals surface area contributed by atoms with Crippen LogP contribution in [0.25, 0.3) is 0 Å². The Kier molecular flexibility index (Phi) is 8.69. The van der Waals surface area contributed by atoms with Gasteiger partial charge >= 0.3 is 29.6 Å². The van der Waals surface area contributed by atoms with Crippen molar-refractivity contribution in [2.24, 2.45) is 0 Å². The molecule has 1 N–H and O–H groups in total. The molecule has 0 amide bonds. The summed E-state index contributed by atoms with van der Waals surface area (Å²) in [6.07, 6.45) is 1.22. The van der Waals surface area contributed by atoms with Crippen LogP contribution in [0.3, 0.4) is 0 Å². The number of ether oxygens (including phenoxy) is 3. The van der Waals surface area contributed by atoms with E-state index < -0.39 is 15.4 Å². The van der Waals surface area contributed by atoms with E-state index in [2.05, 4.69) is 0 Å². The van der Waals surface area contributed by atoms with Crippen molar-refractivity contribution in [2.75, 3.05) is 19.8 Å². The van der Waals surface area contributed by atoms with Crippen LogP contribution in [0.5, 0.6) is 11.5 Å². The average molecular weight is 360 g/mol. The number of fused-ring (bicyclic) bond motifs is 1. The number of thiophene rings is 1. The number of hydrogen-bond donors (Lipinski definition) is 1. The molecule has 0 saturated carbocycles. The van der Waals surface area contributed by atoms with E-state index in [0.717, 1.165) is 11.5 Å². The molecular weight excluding hydrogens is 339 g/mol. The van der Waals surface area contributed by atoms with Crippen molar-refractivity contribution in [3.63, 3.8) is 0 Å². The second-order valence-corrected chi connectivity index (χ2v) is 7.38. The van der Waals surface area contributed by atoms with Crippen LogP contribution >= 0.6 is 11.3 Å². The first kappa shape index (κ1) is 20.2. The molecule has 6 nitrogen and oxygen atoms in total. The van der Waals surface area contributed by atoms with E-state index in [1.807, 2.05) is 17.7 Å². The van der Waals surface area contributed by atoms with Gasteiger partial charge < -0.3 is 15.6 Å². The Balaban J connectivity index is 0.00000242. The van der Waals surface area contributed by atoms with Gasteiger partial charge in [0.2, 0.25) is 0 Å². The Labute approximate surface area is 158 Å². The van der Waals surface area contributed by atoms with E-state index in [1.54, 1.807) is 0 Å². The van der Waals surface area contributed by atoms with Gasteiger partial charge in [0.15, 0.2) is 17.6 Å². The molecule has 2 unspecified atom stereocenters. The van der Waals surface area contributed by atoms with Gasteiger partial charge in [0.1, 0.15) is 6.61 Å². The standard InChI is InChI=1S/C13H20O6S2.Na.H/c1-2-3-11(21(14,15)16)4-5-17-6-10-7-18-12-8-20-9-13(12)19-10;;/h8-11H,2-7H2,1H3,(H,14,15,16);;/q;+1;-1. The summed E-state index contributed by atoms with van der Waals surface area (Å²) in [6.45, 7) is 2.89. The molecular formula is C13H21NaO6S2. The third-order valence-electron chi connectivity index (χ3n) is 3.23. The summed E-state index contributed by atoms with van der Waals surface area (Å²) < 4.78 is 48.1. The molecule has 1 aromatic heterocycles. The molecule has 0 radical (unpaired) electrons. The van der Waals surface area contributed by atoms with Crippen LogP contribution in [0.15, 0.2) is 10.8 Å². The van der Waals surface area contributed by atoms with E-state index >= 15 is 0 Å². The van der Waals surface area contributed by atoms with Crippen molar-refractivity contribution in [1.29, 1.82) is 0 Å². The molecule has 122 valence electrons. The first-order valence-corrected chi connectivity index (χ1v) is 9.35. The summed E-state index contributed by atoms with van der Waals surface area (Å²) in [4.78, 5) is 0. The molecule has 9 heteroatoms. The van der Waals surface area contributed by atoms with Crippen molar-refractivity contribution in [3.05, 3.63) is 10.8 Å². The second-order valence-electron chi connectivity index (χ2n) is 4.94. The van der Waals surface area contributed by atoms with Gasteiger partial charge in [-0.05, 0) is 12.8 Å². The Morgan fingerprint density at radius 1 is 1.45 bits per heavy atom. The summed E-state index contributed by atoms with van der Waals surface area (Å²) in [5.74, 6) is 1.48. The smallest absolute Gasteiger partial charge is 1.00 e. The minimum absolute atomic E-state index is 0. The molecule has 2 atom stereocenters. The Hall–Kier alpha value is 0.170. The molecule has 0 aliphatic carbocycles. The predicted molar refractivity (Wildman–Crippen MR) is 81.0 cm³/mol. The van der Waals surface area contributed by atoms with Gasteiger partial charge in [-0.2, -0.15) is 8.42 Å². The topological polar surface area (TPSA) is 82.1 Å². The van der Waals surface area contributed by atoms with Crippen LogP contribution in [0.4, 0.5) is 0 Å². The molecule has 1 aliphatic rings. The van der Waals surface area contributed by atoms with Gasteiger partial charge in [-0.3, -0.25) is 4.55 Å². The van der Waals surface area contributed by atoms with Crippen LogP contribution in [0, 0.1) is 0 Å². The maximum Gasteiger partial charge on any atom is 1.00 e. The predicted octanol–water partition coefficient (Wildman–Crippen LogP) is -0.532. The second kappa shape index (κ2) is 9.46. The largest absolute Gasteiger partial charge is 1.00 e. The molecule has 2 heterocycles. The summed E-state index contributed by atoms with van der Waals surface area (Å²) in [5, 5.41) is 3.00. The van der Waals surface area contributed by atoms with Crippen LogP contribution in [-0.2, 0) is 14.9 Å². The average Bonchev–Trinajstić information content (AvgIpc) is 2.88. The fraction of sp³-hybridized carbons (Fsp3) is 0.692. The Morgan fingerprint density at radius 2 is 2.18 bits per heavy atom. The first-order chi connectivity index (χ1) is 10.0. The van der Waals surface area contributed by atoms with Crippen molar-refractivity contribution in [1.82, 2.24) is 0 Å². The van der Waals surface area contributed by atoms with E-state index in [-0.39, 0.29) is 50.1 Å². The minimum atomic E-state index is -4.00. The van der Waals surface area contributed by atoms with Crippen LogP contribution < -0.4 is 39.0 Å². The SMILES string of the molecule is CCCC(CCOCC1COc2cscc2O1)S(=O)(=O)O.[H-].[Na+]. The molecule has 0 fully saturated rings. The van der Waals surface area contributed by atoms with Crippen LogP contribution in [0.2, 0.25) is 0 Å². The molecule has 2 rings (SSSR count). The van der Waals surface area contributed by atoms with Gasteiger partial charge in [-0.25, -0.2) is 0 Å². The van der Waals surface area contributed by atoms with Crippen molar-refractivity contribution >= 4 is 21.5 Å². The van der Waals surface area contributed by atoms with Crippen LogP contribution in [0.1, 0.15) is 27.6 Å². The maximum absolute atomic E-state index is 11.2. The van der Waals surface area contributed by atoms with Crippen molar-refractivity contribution < 1.29 is 58.2 Å². The fourth-order valence-electron chi connectivity index (χ4n) is 2.14. The van der Waals surface area contributed by atoms with Crippen LogP contribution in [-0.4, -0.2) is 44.1 Å². The number of hydrogen-bond acceptors (Lipinski definition) is 6. The molecule has 1 aliphatic heterocycles. The zero-order chi connectivity index (χ0) is 15.3. The third kappa shape index (κ3) is 5.99. The van der Waals surface area contributed by atoms with E-state index in [0.29, 0.717) is 26.1 Å². The summed E-state index contributed by atoms with van der Waals surface area (Å²) in [5.41, 5.74) is 0. The molecule has 0 saturated heterocycles. The summed E-state index contributed by atoms with van der Waals surface area (Å²) in [7, 11) is -4.00. The van der Waals surface area contributed by atoms with Gasteiger partial charge in [-0.1, -0.05) is 13.3 Å². The summed E-state index contributed by atoms with van der Waals surface area (Å²) in [6, 6.07) is 0. The quantitative estimate of drug-likeness (QED) is 0.381. The fourth-order valence-corrected chi connectivity index (χ4v) is 3.74. The van der Waals surface area contributed by atoms with Gasteiger partial charge in [0.25, 0.3) is 10.1 Å². The zero-order valence-electron chi connectivity index (χ0n) is 13.9. The van der Waals surface area contributed by atoms with Crippen molar-refractivity contribution in [2.45, 2.75) is 37.5 Å². The molecule has 0 bridgehead atoms. The van der Waals surface area contributed by atoms with E-state index in [4.69, 9.17) is 18.8 Å². The minimum Gasteiger partial charge on any atom is -1.00 e. The van der Waals surface area contributed by atoms with E-state index in [9.17, 15) is 8.42 Å². The molecule has 0 aromatic carbocycles. The Morgan fingerprint density at radius 3 is 2.86 bits per heavy atom. The summed E-state index contributed by atoms with van der Waals surface area (Å²) >= 11 is 1.51. The van der Waals surface area contributed by atoms with Gasteiger partial charge in [0.05, 0.1) is 11.9 Å². The molecule has 0 spiro atoms. The molecule has 1 aromatic rings. The Bertz CT molecular complexity index is 550. The third-order valence-corrected chi connectivity index (χ3v) is 5.25. The molecule has 22 heavy (non-hydrogen) atoms. The van der Waals surface area contributed by atoms with Crippen molar-refractivity contribution in [3.8, 4) is 11.5 Å². The van der Waals surface area contributed by atoms with E-state index in [1.165, 1.54) is 11.3 Å². The monoisotopic (exact) mass is 360 g/mol.